The number of primary amides is 1. The zero-order valence-electron chi connectivity index (χ0n) is 48.2. The van der Waals surface area contributed by atoms with E-state index >= 15 is 0 Å². The zero-order valence-corrected chi connectivity index (χ0v) is 49.0. The van der Waals surface area contributed by atoms with E-state index in [2.05, 4.69) is 31.2 Å². The minimum atomic E-state index is -1.07. The average Bonchev–Trinajstić information content (AvgIpc) is 2.78. The summed E-state index contributed by atoms with van der Waals surface area (Å²) in [6.07, 6.45) is 6.31. The van der Waals surface area contributed by atoms with Crippen LogP contribution in [0.2, 0.25) is 0 Å². The van der Waals surface area contributed by atoms with Gasteiger partial charge in [0.15, 0.2) is 5.75 Å². The number of nitrogens with zero attached hydrogens (tertiary/aromatic N) is 5. The highest BCUT2D eigenvalue weighted by Gasteiger charge is 2.33. The highest BCUT2D eigenvalue weighted by atomic mass is 32.1. The molecule has 0 aliphatic carbocycles. The van der Waals surface area contributed by atoms with Crippen molar-refractivity contribution in [3.05, 3.63) is 94.5 Å². The van der Waals surface area contributed by atoms with Crippen molar-refractivity contribution in [1.82, 2.24) is 40.5 Å². The number of benzene rings is 3. The predicted octanol–water partition coefficient (Wildman–Crippen LogP) is 6.57. The Bertz CT molecular complexity index is 3260. The minimum absolute atomic E-state index is 0.106. The molecule has 448 valence electrons. The van der Waals surface area contributed by atoms with Crippen LogP contribution in [0.1, 0.15) is 92.4 Å². The summed E-state index contributed by atoms with van der Waals surface area (Å²) >= 11 is 1.47. The van der Waals surface area contributed by atoms with Gasteiger partial charge in [0.05, 0.1) is 10.4 Å². The number of carbonyl (C=O) groups is 9. The van der Waals surface area contributed by atoms with Gasteiger partial charge < -0.3 is 60.9 Å². The third-order valence-corrected chi connectivity index (χ3v) is 16.2. The summed E-state index contributed by atoms with van der Waals surface area (Å²) in [5, 5.41) is 14.6. The summed E-state index contributed by atoms with van der Waals surface area (Å²) in [4.78, 5) is 127. The molecule has 5 heterocycles. The molecule has 84 heavy (non-hydrogen) atoms. The van der Waals surface area contributed by atoms with Gasteiger partial charge in [-0.05, 0) is 129 Å². The van der Waals surface area contributed by atoms with Crippen LogP contribution in [0.5, 0.6) is 11.5 Å². The fourth-order valence-corrected chi connectivity index (χ4v) is 11.4. The first-order valence-electron chi connectivity index (χ1n) is 28.5. The number of hydrogen-bond acceptors (Lipinski definition) is 14. The lowest BCUT2D eigenvalue weighted by molar-refractivity contribution is -0.137. The molecule has 10 amide bonds. The molecule has 0 bridgehead atoms. The largest absolute Gasteiger partial charge is 0.492 e. The number of fused-ring (bicyclic) bond motifs is 4. The van der Waals surface area contributed by atoms with E-state index in [0.29, 0.717) is 67.2 Å². The van der Waals surface area contributed by atoms with E-state index in [9.17, 15) is 43.2 Å². The maximum absolute atomic E-state index is 14.2. The van der Waals surface area contributed by atoms with Crippen molar-refractivity contribution >= 4 is 97.4 Å². The van der Waals surface area contributed by atoms with E-state index in [4.69, 9.17) is 19.9 Å². The second-order valence-electron chi connectivity index (χ2n) is 21.7. The zero-order chi connectivity index (χ0) is 60.0. The number of aryl methyl sites for hydroxylation is 1. The number of amides is 10. The molecule has 1 saturated heterocycles. The second kappa shape index (κ2) is 28.7. The van der Waals surface area contributed by atoms with E-state index in [-0.39, 0.29) is 81.6 Å². The van der Waals surface area contributed by atoms with Crippen LogP contribution < -0.4 is 41.4 Å². The molecular weight excluding hydrogens is 1100 g/mol. The second-order valence-corrected chi connectivity index (χ2v) is 22.6. The van der Waals surface area contributed by atoms with Gasteiger partial charge in [0, 0.05) is 100.0 Å². The van der Waals surface area contributed by atoms with Crippen LogP contribution in [-0.4, -0.2) is 163 Å². The van der Waals surface area contributed by atoms with Gasteiger partial charge in [-0.2, -0.15) is 0 Å². The maximum Gasteiger partial charge on any atom is 0.415 e. The van der Waals surface area contributed by atoms with Gasteiger partial charge in [0.25, 0.3) is 17.7 Å². The van der Waals surface area contributed by atoms with Crippen LogP contribution in [0.15, 0.2) is 72.1 Å². The number of rotatable bonds is 27. The maximum atomic E-state index is 14.2. The molecule has 0 spiro atoms. The Balaban J connectivity index is 0.795. The lowest BCUT2D eigenvalue weighted by Crippen LogP contribution is -2.54. The van der Waals surface area contributed by atoms with E-state index in [0.717, 1.165) is 62.4 Å². The van der Waals surface area contributed by atoms with E-state index in [1.54, 1.807) is 63.2 Å². The number of hydrogen-bond donors (Lipinski definition) is 6. The lowest BCUT2D eigenvalue weighted by atomic mass is 10.0. The number of likely N-dealkylation sites (N-methyl/N-ethyl adjacent to an activating group) is 2. The SMILES string of the molecule is Cc1csc2c(OC(=O)N(C)CCN(C)C(=O)OCc3ccc(NC(=O)C(CCCNC(N)=O)NC(=O)C(NC(=O)CCCCCN4C(=O)C=CC4=O)C(C)C)cc3)cc3c(c12)CCN3C(=O)c1cc2cc(OCCN3CCCC3)ccc2[nH]1. The Hall–Kier alpha value is -8.51. The standard InChI is InChI=1S/C60H75N11O12S/c1-37(2)53(66-49(72)13-7-6-8-26-71-50(73)20-21-51(71)74)56(76)65-45(12-11-23-62-58(61)78)55(75)63-41-16-14-39(15-17-41)35-82-59(79)67(4)28-29-68(5)60(80)83-48-34-47-43(52-38(3)36-84-54(48)52)22-27-70(47)57(77)46-33-40-32-42(18-19-44(40)64-46)81-31-30-69-24-9-10-25-69/h14-21,32-34,36-37,45,53,64H,6-13,22-31,35H2,1-5H3,(H,63,75)(H,65,76)(H,66,72)(H3,61,62,78). The number of urea groups is 1. The average molecular weight is 1170 g/mol. The van der Waals surface area contributed by atoms with Crippen molar-refractivity contribution in [1.29, 1.82) is 0 Å². The van der Waals surface area contributed by atoms with E-state index < -0.39 is 42.1 Å². The molecule has 3 aliphatic heterocycles. The van der Waals surface area contributed by atoms with Crippen molar-refractivity contribution < 1.29 is 57.4 Å². The first kappa shape index (κ1) is 61.6. The molecule has 0 saturated carbocycles. The lowest BCUT2D eigenvalue weighted by Gasteiger charge is -2.25. The summed E-state index contributed by atoms with van der Waals surface area (Å²) in [6, 6.07) is 13.2. The number of likely N-dealkylation sites (tertiary alicyclic amines) is 1. The van der Waals surface area contributed by atoms with Gasteiger partial charge in [-0.15, -0.1) is 11.3 Å². The Morgan fingerprint density at radius 1 is 0.821 bits per heavy atom. The highest BCUT2D eigenvalue weighted by molar-refractivity contribution is 7.17. The molecule has 8 rings (SSSR count). The molecule has 5 aromatic rings. The number of aromatic nitrogens is 1. The van der Waals surface area contributed by atoms with Crippen LogP contribution >= 0.6 is 11.3 Å². The molecule has 7 N–H and O–H groups in total. The van der Waals surface area contributed by atoms with Gasteiger partial charge in [-0.3, -0.25) is 38.6 Å². The van der Waals surface area contributed by atoms with Crippen LogP contribution in [-0.2, 0) is 41.7 Å². The number of imide groups is 1. The third kappa shape index (κ3) is 16.0. The number of thiophene rings is 1. The van der Waals surface area contributed by atoms with Crippen molar-refractivity contribution in [2.75, 3.05) is 83.3 Å². The third-order valence-electron chi connectivity index (χ3n) is 15.1. The normalized spacial score (nSPS) is 14.6. The molecule has 1 fully saturated rings. The smallest absolute Gasteiger partial charge is 0.415 e. The molecule has 3 aromatic carbocycles. The minimum Gasteiger partial charge on any atom is -0.492 e. The van der Waals surface area contributed by atoms with E-state index in [1.165, 1.54) is 46.1 Å². The summed E-state index contributed by atoms with van der Waals surface area (Å²) in [6.45, 7) is 10.2. The number of ether oxygens (including phenoxy) is 3. The van der Waals surface area contributed by atoms with Gasteiger partial charge in [-0.25, -0.2) is 14.4 Å². The fraction of sp³-hybridized carbons (Fsp3) is 0.450. The summed E-state index contributed by atoms with van der Waals surface area (Å²) < 4.78 is 18.5. The summed E-state index contributed by atoms with van der Waals surface area (Å²) in [5.74, 6) is -1.69. The van der Waals surface area contributed by atoms with E-state index in [1.807, 2.05) is 36.6 Å². The van der Waals surface area contributed by atoms with Crippen molar-refractivity contribution in [3.63, 3.8) is 0 Å². The summed E-state index contributed by atoms with van der Waals surface area (Å²) in [5.41, 5.74) is 10.2. The quantitative estimate of drug-likeness (QED) is 0.0240. The van der Waals surface area contributed by atoms with Crippen LogP contribution in [0, 0.1) is 12.8 Å². The van der Waals surface area contributed by atoms with Gasteiger partial charge in [-0.1, -0.05) is 32.4 Å². The first-order valence-corrected chi connectivity index (χ1v) is 29.4. The van der Waals surface area contributed by atoms with Gasteiger partial charge in [0.2, 0.25) is 17.7 Å². The van der Waals surface area contributed by atoms with Gasteiger partial charge >= 0.3 is 18.2 Å². The number of nitrogens with one attached hydrogen (secondary N) is 5. The van der Waals surface area contributed by atoms with Crippen molar-refractivity contribution in [2.24, 2.45) is 11.7 Å². The molecule has 3 aliphatic rings. The topological polar surface area (TPSA) is 287 Å². The Labute approximate surface area is 491 Å². The molecule has 2 aromatic heterocycles. The Morgan fingerprint density at radius 3 is 2.26 bits per heavy atom. The number of unbranched alkanes of at least 4 members (excludes halogenated alkanes) is 2. The highest BCUT2D eigenvalue weighted by Crippen LogP contribution is 2.45. The van der Waals surface area contributed by atoms with Crippen LogP contribution in [0.25, 0.3) is 21.0 Å². The monoisotopic (exact) mass is 1170 g/mol. The first-order chi connectivity index (χ1) is 40.3. The molecular formula is C60H75N11O12S. The Morgan fingerprint density at radius 2 is 1.55 bits per heavy atom. The number of nitrogens with two attached hydrogens (primary N) is 1. The molecule has 2 unspecified atom stereocenters. The van der Waals surface area contributed by atoms with Crippen molar-refractivity contribution in [3.8, 4) is 11.5 Å². The summed E-state index contributed by atoms with van der Waals surface area (Å²) in [7, 11) is 3.12. The number of aromatic amines is 1. The number of H-pyrrole nitrogens is 1. The van der Waals surface area contributed by atoms with Gasteiger partial charge in [0.1, 0.15) is 36.7 Å². The van der Waals surface area contributed by atoms with Crippen LogP contribution in [0.4, 0.5) is 25.8 Å². The Kier molecular flexibility index (Phi) is 21.0. The molecule has 23 nitrogen and oxygen atoms in total. The molecule has 2 atom stereocenters. The van der Waals surface area contributed by atoms with Crippen LogP contribution in [0.3, 0.4) is 0 Å². The fourth-order valence-electron chi connectivity index (χ4n) is 10.3. The number of carbonyl (C=O) groups excluding carboxylic acids is 9. The molecule has 0 radical (unpaired) electrons. The molecule has 24 heteroatoms. The number of anilines is 2. The predicted molar refractivity (Wildman–Crippen MR) is 318 cm³/mol. The van der Waals surface area contributed by atoms with Crippen molar-refractivity contribution in [2.45, 2.75) is 97.2 Å².